The molecule has 21 heavy (non-hydrogen) atoms. The predicted octanol–water partition coefficient (Wildman–Crippen LogP) is 1.77. The SMILES string of the molecule is CNCc1ccc(S(=O)(=O)N(C)c2ccc(F)cc2)nc1. The summed E-state index contributed by atoms with van der Waals surface area (Å²) < 4.78 is 38.9. The van der Waals surface area contributed by atoms with Crippen LogP contribution in [0.15, 0.2) is 47.6 Å². The van der Waals surface area contributed by atoms with Gasteiger partial charge in [-0.15, -0.1) is 0 Å². The molecule has 0 atom stereocenters. The standard InChI is InChI=1S/C14H16FN3O2S/c1-16-9-11-3-8-14(17-10-11)21(19,20)18(2)13-6-4-12(15)5-7-13/h3-8,10,16H,9H2,1-2H3. The lowest BCUT2D eigenvalue weighted by molar-refractivity contribution is 0.590. The Morgan fingerprint density at radius 3 is 2.38 bits per heavy atom. The minimum absolute atomic E-state index is 0.0471. The van der Waals surface area contributed by atoms with Crippen LogP contribution in [-0.2, 0) is 16.6 Å². The van der Waals surface area contributed by atoms with Crippen LogP contribution in [0.4, 0.5) is 10.1 Å². The number of sulfonamides is 1. The van der Waals surface area contributed by atoms with E-state index in [1.54, 1.807) is 13.1 Å². The first-order chi connectivity index (χ1) is 9.95. The Bertz CT molecular complexity index is 700. The zero-order valence-electron chi connectivity index (χ0n) is 11.7. The highest BCUT2D eigenvalue weighted by Crippen LogP contribution is 2.21. The van der Waals surface area contributed by atoms with Crippen molar-refractivity contribution in [2.24, 2.45) is 0 Å². The number of halogens is 1. The van der Waals surface area contributed by atoms with Crippen molar-refractivity contribution in [3.05, 3.63) is 54.0 Å². The van der Waals surface area contributed by atoms with Crippen LogP contribution in [-0.4, -0.2) is 27.5 Å². The van der Waals surface area contributed by atoms with E-state index in [1.807, 2.05) is 0 Å². The smallest absolute Gasteiger partial charge is 0.281 e. The first kappa shape index (κ1) is 15.4. The Kier molecular flexibility index (Phi) is 4.54. The lowest BCUT2D eigenvalue weighted by atomic mass is 10.3. The van der Waals surface area contributed by atoms with Crippen molar-refractivity contribution < 1.29 is 12.8 Å². The van der Waals surface area contributed by atoms with E-state index in [2.05, 4.69) is 10.3 Å². The molecule has 2 rings (SSSR count). The van der Waals surface area contributed by atoms with E-state index >= 15 is 0 Å². The first-order valence-electron chi connectivity index (χ1n) is 6.29. The number of anilines is 1. The highest BCUT2D eigenvalue weighted by atomic mass is 32.2. The number of benzene rings is 1. The summed E-state index contributed by atoms with van der Waals surface area (Å²) >= 11 is 0. The minimum Gasteiger partial charge on any atom is -0.316 e. The second-order valence-corrected chi connectivity index (χ2v) is 6.40. The van der Waals surface area contributed by atoms with E-state index in [1.165, 1.54) is 43.6 Å². The van der Waals surface area contributed by atoms with Gasteiger partial charge in [0.25, 0.3) is 10.0 Å². The van der Waals surface area contributed by atoms with Crippen molar-refractivity contribution in [1.82, 2.24) is 10.3 Å². The molecule has 0 amide bonds. The normalized spacial score (nSPS) is 11.4. The maximum absolute atomic E-state index is 12.9. The molecule has 0 aliphatic rings. The van der Waals surface area contributed by atoms with E-state index < -0.39 is 15.8 Å². The van der Waals surface area contributed by atoms with Crippen molar-refractivity contribution in [3.63, 3.8) is 0 Å². The lowest BCUT2D eigenvalue weighted by Gasteiger charge is -2.18. The molecule has 0 bridgehead atoms. The number of aromatic nitrogens is 1. The Balaban J connectivity index is 2.30. The summed E-state index contributed by atoms with van der Waals surface area (Å²) in [5, 5.41) is 2.91. The highest BCUT2D eigenvalue weighted by Gasteiger charge is 2.22. The third-order valence-corrected chi connectivity index (χ3v) is 4.70. The molecule has 0 saturated carbocycles. The molecular formula is C14H16FN3O2S. The molecule has 1 aromatic heterocycles. The average Bonchev–Trinajstić information content (AvgIpc) is 2.48. The van der Waals surface area contributed by atoms with Gasteiger partial charge < -0.3 is 5.32 Å². The van der Waals surface area contributed by atoms with Gasteiger partial charge in [-0.05, 0) is 42.9 Å². The van der Waals surface area contributed by atoms with Crippen LogP contribution in [0.1, 0.15) is 5.56 Å². The van der Waals surface area contributed by atoms with Crippen molar-refractivity contribution in [2.45, 2.75) is 11.6 Å². The topological polar surface area (TPSA) is 62.3 Å². The zero-order chi connectivity index (χ0) is 15.5. The summed E-state index contributed by atoms with van der Waals surface area (Å²) in [5.41, 5.74) is 1.26. The second-order valence-electron chi connectivity index (χ2n) is 4.48. The summed E-state index contributed by atoms with van der Waals surface area (Å²) in [5.74, 6) is -0.418. The third kappa shape index (κ3) is 3.37. The molecule has 0 fully saturated rings. The molecule has 0 aliphatic carbocycles. The number of hydrogen-bond donors (Lipinski definition) is 1. The van der Waals surface area contributed by atoms with E-state index in [-0.39, 0.29) is 5.03 Å². The van der Waals surface area contributed by atoms with E-state index in [9.17, 15) is 12.8 Å². The van der Waals surface area contributed by atoms with Crippen LogP contribution in [0.2, 0.25) is 0 Å². The fourth-order valence-corrected chi connectivity index (χ4v) is 2.91. The molecule has 1 heterocycles. The number of pyridine rings is 1. The van der Waals surface area contributed by atoms with Gasteiger partial charge in [-0.3, -0.25) is 4.31 Å². The number of nitrogens with zero attached hydrogens (tertiary/aromatic N) is 2. The van der Waals surface area contributed by atoms with Gasteiger partial charge in [0.05, 0.1) is 5.69 Å². The van der Waals surface area contributed by atoms with Crippen LogP contribution >= 0.6 is 0 Å². The Labute approximate surface area is 123 Å². The van der Waals surface area contributed by atoms with Gasteiger partial charge in [0.15, 0.2) is 5.03 Å². The second kappa shape index (κ2) is 6.19. The summed E-state index contributed by atoms with van der Waals surface area (Å²) in [4.78, 5) is 3.99. The number of rotatable bonds is 5. The van der Waals surface area contributed by atoms with Crippen LogP contribution in [0.3, 0.4) is 0 Å². The maximum Gasteiger partial charge on any atom is 0.281 e. The molecule has 0 radical (unpaired) electrons. The van der Waals surface area contributed by atoms with Crippen molar-refractivity contribution in [3.8, 4) is 0 Å². The lowest BCUT2D eigenvalue weighted by Crippen LogP contribution is -2.27. The van der Waals surface area contributed by atoms with Gasteiger partial charge in [0.2, 0.25) is 0 Å². The van der Waals surface area contributed by atoms with Gasteiger partial charge in [0.1, 0.15) is 5.82 Å². The van der Waals surface area contributed by atoms with Gasteiger partial charge in [0, 0.05) is 19.8 Å². The van der Waals surface area contributed by atoms with Gasteiger partial charge in [-0.1, -0.05) is 6.07 Å². The van der Waals surface area contributed by atoms with Crippen LogP contribution in [0.25, 0.3) is 0 Å². The molecule has 7 heteroatoms. The van der Waals surface area contributed by atoms with Crippen molar-refractivity contribution in [1.29, 1.82) is 0 Å². The van der Waals surface area contributed by atoms with Crippen molar-refractivity contribution >= 4 is 15.7 Å². The van der Waals surface area contributed by atoms with Gasteiger partial charge in [-0.2, -0.15) is 8.42 Å². The fraction of sp³-hybridized carbons (Fsp3) is 0.214. The number of hydrogen-bond acceptors (Lipinski definition) is 4. The minimum atomic E-state index is -3.76. The molecule has 1 N–H and O–H groups in total. The van der Waals surface area contributed by atoms with Crippen LogP contribution in [0, 0.1) is 5.82 Å². The monoisotopic (exact) mass is 309 g/mol. The highest BCUT2D eigenvalue weighted by molar-refractivity contribution is 7.92. The summed E-state index contributed by atoms with van der Waals surface area (Å²) in [6, 6.07) is 8.40. The zero-order valence-corrected chi connectivity index (χ0v) is 12.6. The summed E-state index contributed by atoms with van der Waals surface area (Å²) in [7, 11) is -0.550. The van der Waals surface area contributed by atoms with E-state index in [0.717, 1.165) is 9.87 Å². The fourth-order valence-electron chi connectivity index (χ4n) is 1.80. The molecule has 0 aliphatic heterocycles. The van der Waals surface area contributed by atoms with E-state index in [4.69, 9.17) is 0 Å². The molecule has 5 nitrogen and oxygen atoms in total. The van der Waals surface area contributed by atoms with Crippen molar-refractivity contribution in [2.75, 3.05) is 18.4 Å². The summed E-state index contributed by atoms with van der Waals surface area (Å²) in [6.07, 6.45) is 1.52. The molecule has 0 unspecified atom stereocenters. The summed E-state index contributed by atoms with van der Waals surface area (Å²) in [6.45, 7) is 0.612. The Morgan fingerprint density at radius 1 is 1.19 bits per heavy atom. The van der Waals surface area contributed by atoms with E-state index in [0.29, 0.717) is 12.2 Å². The van der Waals surface area contributed by atoms with Gasteiger partial charge >= 0.3 is 0 Å². The number of nitrogens with one attached hydrogen (secondary N) is 1. The molecule has 112 valence electrons. The maximum atomic E-state index is 12.9. The Morgan fingerprint density at radius 2 is 1.86 bits per heavy atom. The van der Waals surface area contributed by atoms with Crippen LogP contribution < -0.4 is 9.62 Å². The average molecular weight is 309 g/mol. The molecule has 0 spiro atoms. The third-order valence-electron chi connectivity index (χ3n) is 2.99. The largest absolute Gasteiger partial charge is 0.316 e. The molecule has 1 aromatic carbocycles. The molecular weight excluding hydrogens is 293 g/mol. The first-order valence-corrected chi connectivity index (χ1v) is 7.73. The predicted molar refractivity (Wildman–Crippen MR) is 79.0 cm³/mol. The molecule has 2 aromatic rings. The Hall–Kier alpha value is -1.99. The van der Waals surface area contributed by atoms with Gasteiger partial charge in [-0.25, -0.2) is 9.37 Å². The van der Waals surface area contributed by atoms with Crippen LogP contribution in [0.5, 0.6) is 0 Å². The molecule has 0 saturated heterocycles. The quantitative estimate of drug-likeness (QED) is 0.914.